The molecule has 0 bridgehead atoms. The average Bonchev–Trinajstić information content (AvgIpc) is 3.37. The molecule has 136 valence electrons. The highest BCUT2D eigenvalue weighted by molar-refractivity contribution is 6.03. The fourth-order valence-corrected chi connectivity index (χ4v) is 2.93. The highest BCUT2D eigenvalue weighted by atomic mass is 16.2. The molecule has 2 atom stereocenters. The third-order valence-electron chi connectivity index (χ3n) is 4.80. The van der Waals surface area contributed by atoms with Gasteiger partial charge in [-0.1, -0.05) is 50.6 Å². The van der Waals surface area contributed by atoms with Gasteiger partial charge in [-0.25, -0.2) is 0 Å². The topological polar surface area (TPSA) is 58.2 Å². The maximum atomic E-state index is 12.4. The molecule has 1 aliphatic carbocycles. The summed E-state index contributed by atoms with van der Waals surface area (Å²) in [4.78, 5) is 24.7. The molecule has 2 aromatic carbocycles. The molecule has 0 saturated heterocycles. The Morgan fingerprint density at radius 2 is 1.23 bits per heavy atom. The number of nitrogens with one attached hydrogen (secondary N) is 2. The zero-order valence-corrected chi connectivity index (χ0v) is 15.8. The second kappa shape index (κ2) is 6.94. The van der Waals surface area contributed by atoms with Gasteiger partial charge in [0.25, 0.3) is 0 Å². The van der Waals surface area contributed by atoms with Crippen LogP contribution in [-0.4, -0.2) is 11.8 Å². The van der Waals surface area contributed by atoms with Crippen LogP contribution in [0.5, 0.6) is 0 Å². The van der Waals surface area contributed by atoms with E-state index in [2.05, 4.69) is 31.4 Å². The van der Waals surface area contributed by atoms with E-state index < -0.39 is 0 Å². The molecule has 4 nitrogen and oxygen atoms in total. The lowest BCUT2D eigenvalue weighted by Gasteiger charge is -2.19. The van der Waals surface area contributed by atoms with Gasteiger partial charge in [-0.05, 0) is 48.6 Å². The van der Waals surface area contributed by atoms with Gasteiger partial charge in [0.1, 0.15) is 0 Å². The number of benzene rings is 2. The first kappa shape index (κ1) is 18.2. The first-order chi connectivity index (χ1) is 12.2. The lowest BCUT2D eigenvalue weighted by Crippen LogP contribution is -2.20. The molecule has 2 aromatic rings. The number of anilines is 2. The Hall–Kier alpha value is -2.62. The van der Waals surface area contributed by atoms with Gasteiger partial charge < -0.3 is 10.6 Å². The zero-order chi connectivity index (χ0) is 18.9. The Bertz CT molecular complexity index is 802. The van der Waals surface area contributed by atoms with Crippen LogP contribution in [-0.2, 0) is 15.0 Å². The Balaban J connectivity index is 1.53. The predicted molar refractivity (Wildman–Crippen MR) is 105 cm³/mol. The van der Waals surface area contributed by atoms with Crippen LogP contribution in [0.15, 0.2) is 48.5 Å². The largest absolute Gasteiger partial charge is 0.326 e. The third kappa shape index (κ3) is 4.31. The zero-order valence-electron chi connectivity index (χ0n) is 15.8. The molecule has 1 fully saturated rings. The van der Waals surface area contributed by atoms with Crippen molar-refractivity contribution in [3.8, 4) is 0 Å². The monoisotopic (exact) mass is 350 g/mol. The van der Waals surface area contributed by atoms with Gasteiger partial charge in [-0.2, -0.15) is 0 Å². The fraction of sp³-hybridized carbons (Fsp3) is 0.364. The van der Waals surface area contributed by atoms with E-state index in [9.17, 15) is 9.59 Å². The molecule has 2 amide bonds. The van der Waals surface area contributed by atoms with Gasteiger partial charge in [0.15, 0.2) is 0 Å². The van der Waals surface area contributed by atoms with Crippen molar-refractivity contribution < 1.29 is 9.59 Å². The molecule has 3 rings (SSSR count). The standard InChI is InChI=1S/C22H26N2O2/c1-14-5-9-16(10-6-14)23-20(25)18-13-19(18)21(26)24-17-11-7-15(8-12-17)22(2,3)4/h5-12,18-19H,13H2,1-4H3,(H,23,25)(H,24,26). The molecule has 26 heavy (non-hydrogen) atoms. The van der Waals surface area contributed by atoms with Gasteiger partial charge in [0, 0.05) is 11.4 Å². The minimum Gasteiger partial charge on any atom is -0.326 e. The van der Waals surface area contributed by atoms with E-state index in [-0.39, 0.29) is 29.1 Å². The molecule has 1 saturated carbocycles. The lowest BCUT2D eigenvalue weighted by atomic mass is 9.87. The smallest absolute Gasteiger partial charge is 0.228 e. The summed E-state index contributed by atoms with van der Waals surface area (Å²) in [6, 6.07) is 15.6. The first-order valence-electron chi connectivity index (χ1n) is 9.03. The minimum absolute atomic E-state index is 0.0815. The van der Waals surface area contributed by atoms with Crippen molar-refractivity contribution in [1.29, 1.82) is 0 Å². The van der Waals surface area contributed by atoms with Gasteiger partial charge in [0.05, 0.1) is 11.8 Å². The Morgan fingerprint density at radius 1 is 0.808 bits per heavy atom. The molecule has 1 aliphatic rings. The van der Waals surface area contributed by atoms with Crippen molar-refractivity contribution in [1.82, 2.24) is 0 Å². The summed E-state index contributed by atoms with van der Waals surface area (Å²) < 4.78 is 0. The number of carbonyl (C=O) groups excluding carboxylic acids is 2. The number of carbonyl (C=O) groups is 2. The first-order valence-corrected chi connectivity index (χ1v) is 9.03. The van der Waals surface area contributed by atoms with Crippen LogP contribution in [0.25, 0.3) is 0 Å². The summed E-state index contributed by atoms with van der Waals surface area (Å²) in [6.45, 7) is 8.47. The molecular formula is C22H26N2O2. The number of hydrogen-bond acceptors (Lipinski definition) is 2. The predicted octanol–water partition coefficient (Wildman–Crippen LogP) is 4.51. The number of rotatable bonds is 4. The van der Waals surface area contributed by atoms with Gasteiger partial charge in [0.2, 0.25) is 11.8 Å². The molecule has 2 unspecified atom stereocenters. The third-order valence-corrected chi connectivity index (χ3v) is 4.80. The minimum atomic E-state index is -0.247. The summed E-state index contributed by atoms with van der Waals surface area (Å²) in [6.07, 6.45) is 0.601. The van der Waals surface area contributed by atoms with Crippen LogP contribution in [0.4, 0.5) is 11.4 Å². The van der Waals surface area contributed by atoms with Crippen molar-refractivity contribution in [2.45, 2.75) is 39.5 Å². The van der Waals surface area contributed by atoms with E-state index in [1.54, 1.807) is 0 Å². The number of hydrogen-bond donors (Lipinski definition) is 2. The molecule has 0 radical (unpaired) electrons. The Morgan fingerprint density at radius 3 is 1.65 bits per heavy atom. The summed E-state index contributed by atoms with van der Waals surface area (Å²) in [5.41, 5.74) is 3.98. The van der Waals surface area contributed by atoms with E-state index in [0.29, 0.717) is 6.42 Å². The van der Waals surface area contributed by atoms with Crippen molar-refractivity contribution in [2.24, 2.45) is 11.8 Å². The summed E-state index contributed by atoms with van der Waals surface area (Å²) in [5.74, 6) is -0.664. The SMILES string of the molecule is Cc1ccc(NC(=O)C2CC2C(=O)Nc2ccc(C(C)(C)C)cc2)cc1. The molecule has 0 aliphatic heterocycles. The van der Waals surface area contributed by atoms with Crippen molar-refractivity contribution in [3.63, 3.8) is 0 Å². The van der Waals surface area contributed by atoms with Crippen LogP contribution < -0.4 is 10.6 Å². The second-order valence-corrected chi connectivity index (χ2v) is 8.12. The lowest BCUT2D eigenvalue weighted by molar-refractivity contribution is -0.122. The molecular weight excluding hydrogens is 324 g/mol. The van der Waals surface area contributed by atoms with Crippen molar-refractivity contribution in [2.75, 3.05) is 10.6 Å². The van der Waals surface area contributed by atoms with Crippen LogP contribution in [0.3, 0.4) is 0 Å². The highest BCUT2D eigenvalue weighted by Gasteiger charge is 2.48. The molecule has 2 N–H and O–H groups in total. The van der Waals surface area contributed by atoms with E-state index in [0.717, 1.165) is 16.9 Å². The Labute approximate surface area is 155 Å². The number of aryl methyl sites for hydroxylation is 1. The van der Waals surface area contributed by atoms with Crippen LogP contribution in [0.2, 0.25) is 0 Å². The molecule has 0 heterocycles. The summed E-state index contributed by atoms with van der Waals surface area (Å²) >= 11 is 0. The van der Waals surface area contributed by atoms with Gasteiger partial charge in [-0.15, -0.1) is 0 Å². The van der Waals surface area contributed by atoms with E-state index in [1.807, 2.05) is 55.5 Å². The van der Waals surface area contributed by atoms with Crippen molar-refractivity contribution in [3.05, 3.63) is 59.7 Å². The average molecular weight is 350 g/mol. The molecule has 4 heteroatoms. The maximum Gasteiger partial charge on any atom is 0.228 e. The summed E-state index contributed by atoms with van der Waals surface area (Å²) in [7, 11) is 0. The fourth-order valence-electron chi connectivity index (χ4n) is 2.93. The van der Waals surface area contributed by atoms with Crippen molar-refractivity contribution >= 4 is 23.2 Å². The maximum absolute atomic E-state index is 12.4. The summed E-state index contributed by atoms with van der Waals surface area (Å²) in [5, 5.41) is 5.80. The quantitative estimate of drug-likeness (QED) is 0.852. The van der Waals surface area contributed by atoms with E-state index in [4.69, 9.17) is 0 Å². The van der Waals surface area contributed by atoms with Gasteiger partial charge in [-0.3, -0.25) is 9.59 Å². The number of amides is 2. The van der Waals surface area contributed by atoms with Crippen LogP contribution in [0, 0.1) is 18.8 Å². The molecule has 0 spiro atoms. The normalized spacial score (nSPS) is 18.9. The second-order valence-electron chi connectivity index (χ2n) is 8.12. The molecule has 0 aromatic heterocycles. The van der Waals surface area contributed by atoms with E-state index >= 15 is 0 Å². The van der Waals surface area contributed by atoms with Crippen LogP contribution >= 0.6 is 0 Å². The Kier molecular flexibility index (Phi) is 4.86. The highest BCUT2D eigenvalue weighted by Crippen LogP contribution is 2.40. The van der Waals surface area contributed by atoms with E-state index in [1.165, 1.54) is 5.56 Å². The van der Waals surface area contributed by atoms with Gasteiger partial charge >= 0.3 is 0 Å². The van der Waals surface area contributed by atoms with Crippen LogP contribution in [0.1, 0.15) is 38.3 Å².